The highest BCUT2D eigenvalue weighted by Crippen LogP contribution is 2.35. The molecule has 0 spiro atoms. The van der Waals surface area contributed by atoms with Crippen molar-refractivity contribution in [2.24, 2.45) is 0 Å². The average molecular weight is 294 g/mol. The number of halogens is 2. The third-order valence-electron chi connectivity index (χ3n) is 2.97. The van der Waals surface area contributed by atoms with Crippen LogP contribution in [0.2, 0.25) is 5.02 Å². The van der Waals surface area contributed by atoms with Crippen LogP contribution in [0.25, 0.3) is 21.5 Å². The quantitative estimate of drug-likeness (QED) is 0.676. The van der Waals surface area contributed by atoms with Crippen molar-refractivity contribution in [1.82, 2.24) is 4.98 Å². The van der Waals surface area contributed by atoms with Gasteiger partial charge in [-0.2, -0.15) is 0 Å². The summed E-state index contributed by atoms with van der Waals surface area (Å²) in [5.74, 6) is -0.454. The van der Waals surface area contributed by atoms with Gasteiger partial charge >= 0.3 is 0 Å². The molecule has 0 atom stereocenters. The largest absolute Gasteiger partial charge is 0.351 e. The van der Waals surface area contributed by atoms with Gasteiger partial charge in [-0.25, -0.2) is 4.39 Å². The summed E-state index contributed by atoms with van der Waals surface area (Å²) in [5.41, 5.74) is 1.40. The number of fused-ring (bicyclic) bond motifs is 1. The van der Waals surface area contributed by atoms with Crippen LogP contribution in [-0.4, -0.2) is 11.3 Å². The smallest absolute Gasteiger partial charge is 0.152 e. The van der Waals surface area contributed by atoms with E-state index in [-0.39, 0.29) is 5.02 Å². The fourth-order valence-electron chi connectivity index (χ4n) is 2.13. The number of carbonyl (C=O) groups excluding carboxylic acids is 1. The molecular weight excluding hydrogens is 285 g/mol. The van der Waals surface area contributed by atoms with E-state index >= 15 is 0 Å². The Labute approximate surface area is 117 Å². The maximum Gasteiger partial charge on any atom is 0.152 e. The maximum absolute atomic E-state index is 13.9. The van der Waals surface area contributed by atoms with Crippen molar-refractivity contribution in [3.63, 3.8) is 0 Å². The molecule has 0 amide bonds. The molecule has 0 saturated heterocycles. The first kappa shape index (κ1) is 12.4. The molecule has 2 aromatic heterocycles. The minimum absolute atomic E-state index is 0.279. The number of carbonyl (C=O) groups is 1. The Morgan fingerprint density at radius 3 is 2.79 bits per heavy atom. The third-order valence-corrected chi connectivity index (χ3v) is 4.21. The first-order chi connectivity index (χ1) is 9.10. The lowest BCUT2D eigenvalue weighted by Gasteiger charge is -1.94. The molecule has 0 aliphatic heterocycles. The molecule has 1 aromatic carbocycles. The van der Waals surface area contributed by atoms with E-state index in [9.17, 15) is 9.18 Å². The number of H-pyrrole nitrogens is 1. The van der Waals surface area contributed by atoms with E-state index in [1.165, 1.54) is 6.07 Å². The SMILES string of the molecule is Cc1ccc(-c2[nH]c3c(F)cc(Cl)cc3c2C=O)s1. The molecular formula is C14H9ClFNOS. The standard InChI is InChI=1S/C14H9ClFNOS/c1-7-2-3-12(19-7)14-10(6-18)9-4-8(15)5-11(16)13(9)17-14/h2-6,17H,1H3. The van der Waals surface area contributed by atoms with Crippen molar-refractivity contribution in [1.29, 1.82) is 0 Å². The van der Waals surface area contributed by atoms with Crippen LogP contribution in [0.3, 0.4) is 0 Å². The summed E-state index contributed by atoms with van der Waals surface area (Å²) in [6.45, 7) is 1.98. The van der Waals surface area contributed by atoms with Crippen molar-refractivity contribution in [2.75, 3.05) is 0 Å². The summed E-state index contributed by atoms with van der Waals surface area (Å²) in [6, 6.07) is 6.71. The predicted octanol–water partition coefficient (Wildman–Crippen LogP) is 4.81. The number of benzene rings is 1. The molecule has 0 radical (unpaired) electrons. The van der Waals surface area contributed by atoms with Crippen LogP contribution in [0, 0.1) is 12.7 Å². The summed E-state index contributed by atoms with van der Waals surface area (Å²) in [6.07, 6.45) is 0.735. The molecule has 0 bridgehead atoms. The number of hydrogen-bond donors (Lipinski definition) is 1. The van der Waals surface area contributed by atoms with E-state index in [1.807, 2.05) is 19.1 Å². The second-order valence-corrected chi connectivity index (χ2v) is 5.98. The van der Waals surface area contributed by atoms with Crippen LogP contribution >= 0.6 is 22.9 Å². The van der Waals surface area contributed by atoms with Gasteiger partial charge in [0.2, 0.25) is 0 Å². The number of aromatic amines is 1. The Morgan fingerprint density at radius 1 is 1.37 bits per heavy atom. The van der Waals surface area contributed by atoms with Crippen molar-refractivity contribution >= 4 is 40.1 Å². The minimum Gasteiger partial charge on any atom is -0.351 e. The van der Waals surface area contributed by atoms with Crippen molar-refractivity contribution in [3.8, 4) is 10.6 Å². The van der Waals surface area contributed by atoms with Gasteiger partial charge in [-0.15, -0.1) is 11.3 Å². The van der Waals surface area contributed by atoms with Gasteiger partial charge in [-0.05, 0) is 31.2 Å². The topological polar surface area (TPSA) is 32.9 Å². The molecule has 1 N–H and O–H groups in total. The van der Waals surface area contributed by atoms with Crippen LogP contribution in [0.5, 0.6) is 0 Å². The van der Waals surface area contributed by atoms with Crippen LogP contribution in [0.1, 0.15) is 15.2 Å². The Morgan fingerprint density at radius 2 is 2.16 bits per heavy atom. The molecule has 0 aliphatic carbocycles. The van der Waals surface area contributed by atoms with Gasteiger partial charge in [-0.1, -0.05) is 11.6 Å². The molecule has 0 fully saturated rings. The first-order valence-corrected chi connectivity index (χ1v) is 6.82. The van der Waals surface area contributed by atoms with E-state index in [2.05, 4.69) is 4.98 Å². The lowest BCUT2D eigenvalue weighted by molar-refractivity contribution is 0.112. The second kappa shape index (κ2) is 4.47. The normalized spacial score (nSPS) is 11.1. The molecule has 19 heavy (non-hydrogen) atoms. The Balaban J connectivity index is 2.37. The molecule has 0 aliphatic rings. The molecule has 0 unspecified atom stereocenters. The third kappa shape index (κ3) is 1.97. The summed E-state index contributed by atoms with van der Waals surface area (Å²) in [5, 5.41) is 0.794. The van der Waals surface area contributed by atoms with Gasteiger partial charge < -0.3 is 4.98 Å². The van der Waals surface area contributed by atoms with E-state index in [0.29, 0.717) is 22.2 Å². The maximum atomic E-state index is 13.9. The molecule has 3 rings (SSSR count). The zero-order valence-corrected chi connectivity index (χ0v) is 11.5. The summed E-state index contributed by atoms with van der Waals surface area (Å²) < 4.78 is 13.9. The van der Waals surface area contributed by atoms with Crippen LogP contribution < -0.4 is 0 Å². The van der Waals surface area contributed by atoms with Gasteiger partial charge in [0.1, 0.15) is 5.82 Å². The predicted molar refractivity (Wildman–Crippen MR) is 76.7 cm³/mol. The lowest BCUT2D eigenvalue weighted by atomic mass is 10.1. The van der Waals surface area contributed by atoms with Crippen LogP contribution in [0.4, 0.5) is 4.39 Å². The van der Waals surface area contributed by atoms with Crippen molar-refractivity contribution in [3.05, 3.63) is 45.5 Å². The molecule has 96 valence electrons. The van der Waals surface area contributed by atoms with E-state index in [1.54, 1.807) is 17.4 Å². The van der Waals surface area contributed by atoms with Gasteiger partial charge in [0, 0.05) is 20.8 Å². The summed E-state index contributed by atoms with van der Waals surface area (Å²) in [7, 11) is 0. The zero-order chi connectivity index (χ0) is 13.6. The van der Waals surface area contributed by atoms with E-state index < -0.39 is 5.82 Å². The van der Waals surface area contributed by atoms with Crippen LogP contribution in [0.15, 0.2) is 24.3 Å². The Hall–Kier alpha value is -1.65. The molecule has 2 heterocycles. The van der Waals surface area contributed by atoms with Gasteiger partial charge in [0.25, 0.3) is 0 Å². The summed E-state index contributed by atoms with van der Waals surface area (Å²) in [4.78, 5) is 16.3. The number of nitrogens with one attached hydrogen (secondary N) is 1. The van der Waals surface area contributed by atoms with Crippen LogP contribution in [-0.2, 0) is 0 Å². The minimum atomic E-state index is -0.454. The van der Waals surface area contributed by atoms with Crippen molar-refractivity contribution < 1.29 is 9.18 Å². The van der Waals surface area contributed by atoms with Gasteiger partial charge in [0.05, 0.1) is 16.1 Å². The van der Waals surface area contributed by atoms with Gasteiger partial charge in [0.15, 0.2) is 6.29 Å². The van der Waals surface area contributed by atoms with E-state index in [0.717, 1.165) is 16.0 Å². The Bertz CT molecular complexity index is 790. The monoisotopic (exact) mass is 293 g/mol. The lowest BCUT2D eigenvalue weighted by Crippen LogP contribution is -1.81. The highest BCUT2D eigenvalue weighted by atomic mass is 35.5. The summed E-state index contributed by atoms with van der Waals surface area (Å²) >= 11 is 7.40. The van der Waals surface area contributed by atoms with E-state index in [4.69, 9.17) is 11.6 Å². The number of hydrogen-bond acceptors (Lipinski definition) is 2. The van der Waals surface area contributed by atoms with Crippen molar-refractivity contribution in [2.45, 2.75) is 6.92 Å². The average Bonchev–Trinajstić information content (AvgIpc) is 2.92. The van der Waals surface area contributed by atoms with Gasteiger partial charge in [-0.3, -0.25) is 4.79 Å². The fraction of sp³-hybridized carbons (Fsp3) is 0.0714. The number of rotatable bonds is 2. The molecule has 3 aromatic rings. The highest BCUT2D eigenvalue weighted by molar-refractivity contribution is 7.15. The molecule has 5 heteroatoms. The first-order valence-electron chi connectivity index (χ1n) is 5.63. The molecule has 2 nitrogen and oxygen atoms in total. The zero-order valence-electron chi connectivity index (χ0n) is 9.96. The number of aryl methyl sites for hydroxylation is 1. The Kier molecular flexibility index (Phi) is 2.92. The fourth-order valence-corrected chi connectivity index (χ4v) is 3.21. The number of aromatic nitrogens is 1. The molecule has 0 saturated carbocycles. The highest BCUT2D eigenvalue weighted by Gasteiger charge is 2.17. The number of aldehydes is 1. The second-order valence-electron chi connectivity index (χ2n) is 4.25. The number of thiophene rings is 1.